The van der Waals surface area contributed by atoms with Crippen molar-refractivity contribution in [2.24, 2.45) is 5.73 Å². The van der Waals surface area contributed by atoms with Crippen LogP contribution in [-0.2, 0) is 25.7 Å². The molecule has 3 heteroatoms. The summed E-state index contributed by atoms with van der Waals surface area (Å²) in [6.07, 6.45) is 3.95. The Morgan fingerprint density at radius 3 is 2.18 bits per heavy atom. The van der Waals surface area contributed by atoms with Crippen molar-refractivity contribution in [3.05, 3.63) is 22.3 Å². The lowest BCUT2D eigenvalue weighted by atomic mass is 9.91. The Morgan fingerprint density at radius 2 is 1.59 bits per heavy atom. The van der Waals surface area contributed by atoms with Crippen molar-refractivity contribution in [2.75, 3.05) is 19.8 Å². The van der Waals surface area contributed by atoms with Crippen LogP contribution in [0.4, 0.5) is 0 Å². The fraction of sp³-hybridized carbons (Fsp3) is 0.571. The van der Waals surface area contributed by atoms with Gasteiger partial charge in [0.2, 0.25) is 0 Å². The van der Waals surface area contributed by atoms with Gasteiger partial charge in [0.15, 0.2) is 0 Å². The van der Waals surface area contributed by atoms with Crippen LogP contribution in [-0.4, -0.2) is 19.8 Å². The molecule has 0 spiro atoms. The summed E-state index contributed by atoms with van der Waals surface area (Å²) in [6, 6.07) is 0. The van der Waals surface area contributed by atoms with E-state index in [0.717, 1.165) is 50.4 Å². The lowest BCUT2D eigenvalue weighted by Gasteiger charge is -2.16. The zero-order valence-corrected chi connectivity index (χ0v) is 10.3. The highest BCUT2D eigenvalue weighted by Gasteiger charge is 2.29. The van der Waals surface area contributed by atoms with Gasteiger partial charge in [-0.2, -0.15) is 0 Å². The molecule has 0 saturated carbocycles. The van der Waals surface area contributed by atoms with E-state index in [0.29, 0.717) is 6.54 Å². The number of hydrogen-bond donors (Lipinski definition) is 1. The normalized spacial score (nSPS) is 16.4. The highest BCUT2D eigenvalue weighted by atomic mass is 16.5. The fourth-order valence-corrected chi connectivity index (χ4v) is 3.08. The van der Waals surface area contributed by atoms with Gasteiger partial charge in [-0.15, -0.1) is 0 Å². The molecule has 3 rings (SSSR count). The average molecular weight is 233 g/mol. The van der Waals surface area contributed by atoms with Crippen molar-refractivity contribution in [1.29, 1.82) is 0 Å². The third kappa shape index (κ3) is 1.53. The molecule has 3 nitrogen and oxygen atoms in total. The molecule has 2 aliphatic rings. The molecule has 1 aromatic rings. The van der Waals surface area contributed by atoms with Crippen LogP contribution in [0.3, 0.4) is 0 Å². The Kier molecular flexibility index (Phi) is 2.71. The molecule has 2 aliphatic heterocycles. The number of nitrogens with two attached hydrogens (primary N) is 1. The van der Waals surface area contributed by atoms with E-state index in [4.69, 9.17) is 15.2 Å². The number of hydrogen-bond acceptors (Lipinski definition) is 3. The molecule has 0 fully saturated rings. The lowest BCUT2D eigenvalue weighted by Crippen LogP contribution is -2.07. The molecule has 17 heavy (non-hydrogen) atoms. The molecule has 0 radical (unpaired) electrons. The third-order valence-electron chi connectivity index (χ3n) is 3.77. The minimum atomic E-state index is 0.674. The molecular weight excluding hydrogens is 214 g/mol. The second-order valence-electron chi connectivity index (χ2n) is 4.66. The predicted octanol–water partition coefficient (Wildman–Crippen LogP) is 1.62. The van der Waals surface area contributed by atoms with Crippen molar-refractivity contribution in [2.45, 2.75) is 32.6 Å². The van der Waals surface area contributed by atoms with Crippen molar-refractivity contribution in [3.8, 4) is 11.5 Å². The van der Waals surface area contributed by atoms with Crippen LogP contribution in [0.1, 0.15) is 29.2 Å². The zero-order valence-electron chi connectivity index (χ0n) is 10.3. The highest BCUT2D eigenvalue weighted by Crippen LogP contribution is 2.44. The van der Waals surface area contributed by atoms with Gasteiger partial charge in [0, 0.05) is 35.1 Å². The van der Waals surface area contributed by atoms with Gasteiger partial charge in [-0.3, -0.25) is 0 Å². The first-order chi connectivity index (χ1) is 8.36. The predicted molar refractivity (Wildman–Crippen MR) is 67.0 cm³/mol. The summed E-state index contributed by atoms with van der Waals surface area (Å²) < 4.78 is 11.7. The molecule has 0 aliphatic carbocycles. The molecular formula is C14H19NO2. The first kappa shape index (κ1) is 10.9. The average Bonchev–Trinajstić information content (AvgIpc) is 2.96. The molecule has 0 saturated heterocycles. The molecule has 0 aromatic heterocycles. The van der Waals surface area contributed by atoms with Crippen LogP contribution in [0, 0.1) is 0 Å². The number of benzene rings is 1. The van der Waals surface area contributed by atoms with Gasteiger partial charge in [0.05, 0.1) is 13.2 Å². The lowest BCUT2D eigenvalue weighted by molar-refractivity contribution is 0.352. The summed E-state index contributed by atoms with van der Waals surface area (Å²) in [4.78, 5) is 0. The minimum Gasteiger partial charge on any atom is -0.493 e. The topological polar surface area (TPSA) is 44.5 Å². The van der Waals surface area contributed by atoms with Gasteiger partial charge >= 0.3 is 0 Å². The van der Waals surface area contributed by atoms with E-state index in [1.165, 1.54) is 22.3 Å². The number of fused-ring (bicyclic) bond motifs is 2. The quantitative estimate of drug-likeness (QED) is 0.862. The Bertz CT molecular complexity index is 419. The Labute approximate surface area is 102 Å². The number of rotatable bonds is 3. The second-order valence-corrected chi connectivity index (χ2v) is 4.66. The Balaban J connectivity index is 2.23. The van der Waals surface area contributed by atoms with Gasteiger partial charge in [-0.1, -0.05) is 6.92 Å². The van der Waals surface area contributed by atoms with Crippen LogP contribution < -0.4 is 15.2 Å². The van der Waals surface area contributed by atoms with Crippen molar-refractivity contribution in [1.82, 2.24) is 0 Å². The minimum absolute atomic E-state index is 0.674. The number of ether oxygens (including phenoxy) is 2. The van der Waals surface area contributed by atoms with Crippen LogP contribution in [0.25, 0.3) is 0 Å². The fourth-order valence-electron chi connectivity index (χ4n) is 3.08. The second kappa shape index (κ2) is 4.22. The SMILES string of the molecule is CCc1c2c(c(CCN)c3c1OCC3)OCC2. The van der Waals surface area contributed by atoms with E-state index in [-0.39, 0.29) is 0 Å². The summed E-state index contributed by atoms with van der Waals surface area (Å²) in [5, 5.41) is 0. The summed E-state index contributed by atoms with van der Waals surface area (Å²) in [7, 11) is 0. The largest absolute Gasteiger partial charge is 0.493 e. The maximum atomic E-state index is 5.84. The van der Waals surface area contributed by atoms with Crippen molar-refractivity contribution >= 4 is 0 Å². The van der Waals surface area contributed by atoms with E-state index in [2.05, 4.69) is 6.92 Å². The standard InChI is InChI=1S/C14H19NO2/c1-2-9-11-4-7-17-14(11)10(3-6-15)12-5-8-16-13(9)12/h2-8,15H2,1H3. The highest BCUT2D eigenvalue weighted by molar-refractivity contribution is 5.62. The van der Waals surface area contributed by atoms with Crippen LogP contribution >= 0.6 is 0 Å². The van der Waals surface area contributed by atoms with Crippen molar-refractivity contribution < 1.29 is 9.47 Å². The summed E-state index contributed by atoms with van der Waals surface area (Å²) >= 11 is 0. The van der Waals surface area contributed by atoms with E-state index in [1.54, 1.807) is 0 Å². The van der Waals surface area contributed by atoms with Gasteiger partial charge in [0.25, 0.3) is 0 Å². The van der Waals surface area contributed by atoms with Crippen molar-refractivity contribution in [3.63, 3.8) is 0 Å². The van der Waals surface area contributed by atoms with E-state index < -0.39 is 0 Å². The van der Waals surface area contributed by atoms with E-state index >= 15 is 0 Å². The molecule has 0 atom stereocenters. The smallest absolute Gasteiger partial charge is 0.126 e. The maximum absolute atomic E-state index is 5.84. The van der Waals surface area contributed by atoms with Crippen LogP contribution in [0.5, 0.6) is 11.5 Å². The van der Waals surface area contributed by atoms with Gasteiger partial charge in [-0.05, 0) is 19.4 Å². The van der Waals surface area contributed by atoms with Gasteiger partial charge < -0.3 is 15.2 Å². The third-order valence-corrected chi connectivity index (χ3v) is 3.77. The molecule has 0 amide bonds. The zero-order chi connectivity index (χ0) is 11.8. The van der Waals surface area contributed by atoms with Crippen LogP contribution in [0.2, 0.25) is 0 Å². The first-order valence-electron chi connectivity index (χ1n) is 6.52. The van der Waals surface area contributed by atoms with E-state index in [1.807, 2.05) is 0 Å². The van der Waals surface area contributed by atoms with Gasteiger partial charge in [-0.25, -0.2) is 0 Å². The van der Waals surface area contributed by atoms with E-state index in [9.17, 15) is 0 Å². The molecule has 0 bridgehead atoms. The molecule has 2 heterocycles. The summed E-state index contributed by atoms with van der Waals surface area (Å²) in [6.45, 7) is 4.48. The van der Waals surface area contributed by atoms with Gasteiger partial charge in [0.1, 0.15) is 11.5 Å². The molecule has 2 N–H and O–H groups in total. The molecule has 1 aromatic carbocycles. The Hall–Kier alpha value is -1.22. The summed E-state index contributed by atoms with van der Waals surface area (Å²) in [5.74, 6) is 2.26. The first-order valence-corrected chi connectivity index (χ1v) is 6.52. The maximum Gasteiger partial charge on any atom is 0.126 e. The van der Waals surface area contributed by atoms with Crippen LogP contribution in [0.15, 0.2) is 0 Å². The molecule has 0 unspecified atom stereocenters. The summed E-state index contributed by atoms with van der Waals surface area (Å²) in [5.41, 5.74) is 11.1. The molecule has 92 valence electrons. The monoisotopic (exact) mass is 233 g/mol. The Morgan fingerprint density at radius 1 is 1.00 bits per heavy atom.